The molecular formula is C13H16I2O2. The second-order valence-electron chi connectivity index (χ2n) is 3.75. The molecule has 0 spiro atoms. The Morgan fingerprint density at radius 1 is 1.24 bits per heavy atom. The number of halogens is 2. The van der Waals surface area contributed by atoms with Gasteiger partial charge < -0.3 is 4.74 Å². The SMILES string of the molecule is O=C(OCc1ccccc1)C(I)CCCCI. The van der Waals surface area contributed by atoms with E-state index < -0.39 is 0 Å². The Hall–Kier alpha value is 0.150. The summed E-state index contributed by atoms with van der Waals surface area (Å²) >= 11 is 4.53. The van der Waals surface area contributed by atoms with Gasteiger partial charge in [0.15, 0.2) is 0 Å². The van der Waals surface area contributed by atoms with Crippen molar-refractivity contribution in [2.45, 2.75) is 29.8 Å². The van der Waals surface area contributed by atoms with E-state index in [0.29, 0.717) is 6.61 Å². The van der Waals surface area contributed by atoms with E-state index in [2.05, 4.69) is 45.2 Å². The summed E-state index contributed by atoms with van der Waals surface area (Å²) in [6, 6.07) is 9.78. The van der Waals surface area contributed by atoms with Gasteiger partial charge in [-0.05, 0) is 22.8 Å². The van der Waals surface area contributed by atoms with Crippen LogP contribution in [0.15, 0.2) is 30.3 Å². The fourth-order valence-corrected chi connectivity index (χ4v) is 2.51. The smallest absolute Gasteiger partial charge is 0.319 e. The maximum atomic E-state index is 11.7. The third kappa shape index (κ3) is 6.59. The van der Waals surface area contributed by atoms with Crippen molar-refractivity contribution in [1.29, 1.82) is 0 Å². The van der Waals surface area contributed by atoms with Crippen LogP contribution in [0.25, 0.3) is 0 Å². The van der Waals surface area contributed by atoms with E-state index in [1.54, 1.807) is 0 Å². The third-order valence-corrected chi connectivity index (χ3v) is 4.22. The van der Waals surface area contributed by atoms with Gasteiger partial charge in [-0.3, -0.25) is 4.79 Å². The first kappa shape index (κ1) is 15.2. The number of esters is 1. The lowest BCUT2D eigenvalue weighted by Crippen LogP contribution is -2.17. The summed E-state index contributed by atoms with van der Waals surface area (Å²) in [5.74, 6) is -0.0945. The highest BCUT2D eigenvalue weighted by atomic mass is 127. The maximum absolute atomic E-state index is 11.7. The van der Waals surface area contributed by atoms with Gasteiger partial charge in [0.2, 0.25) is 0 Å². The lowest BCUT2D eigenvalue weighted by Gasteiger charge is -2.09. The summed E-state index contributed by atoms with van der Waals surface area (Å²) in [5.41, 5.74) is 1.04. The summed E-state index contributed by atoms with van der Waals surface area (Å²) in [6.07, 6.45) is 3.18. The van der Waals surface area contributed by atoms with Crippen molar-refractivity contribution < 1.29 is 9.53 Å². The van der Waals surface area contributed by atoms with Crippen molar-refractivity contribution in [1.82, 2.24) is 0 Å². The van der Waals surface area contributed by atoms with E-state index in [0.717, 1.165) is 22.8 Å². The average Bonchev–Trinajstić information content (AvgIpc) is 2.37. The Kier molecular flexibility index (Phi) is 8.17. The molecule has 1 atom stereocenters. The molecule has 1 rings (SSSR count). The minimum atomic E-state index is -0.0945. The number of alkyl halides is 2. The molecular weight excluding hydrogens is 442 g/mol. The molecule has 4 heteroatoms. The molecule has 0 fully saturated rings. The first-order valence-corrected chi connectivity index (χ1v) is 8.41. The highest BCUT2D eigenvalue weighted by molar-refractivity contribution is 14.1. The van der Waals surface area contributed by atoms with Crippen LogP contribution in [-0.4, -0.2) is 14.3 Å². The molecule has 0 saturated heterocycles. The molecule has 0 aromatic heterocycles. The first-order chi connectivity index (χ1) is 8.24. The molecule has 0 saturated carbocycles. The Labute approximate surface area is 130 Å². The highest BCUT2D eigenvalue weighted by Crippen LogP contribution is 2.14. The lowest BCUT2D eigenvalue weighted by atomic mass is 10.2. The van der Waals surface area contributed by atoms with E-state index >= 15 is 0 Å². The molecule has 0 aliphatic rings. The molecule has 0 bridgehead atoms. The minimum Gasteiger partial charge on any atom is -0.460 e. The van der Waals surface area contributed by atoms with Crippen molar-refractivity contribution in [2.75, 3.05) is 4.43 Å². The van der Waals surface area contributed by atoms with E-state index in [-0.39, 0.29) is 9.89 Å². The van der Waals surface area contributed by atoms with Crippen LogP contribution in [0.1, 0.15) is 24.8 Å². The summed E-state index contributed by atoms with van der Waals surface area (Å²) in [7, 11) is 0. The van der Waals surface area contributed by atoms with Crippen molar-refractivity contribution in [3.8, 4) is 0 Å². The molecule has 0 N–H and O–H groups in total. The van der Waals surface area contributed by atoms with Crippen LogP contribution in [0.5, 0.6) is 0 Å². The first-order valence-electron chi connectivity index (χ1n) is 5.64. The van der Waals surface area contributed by atoms with Gasteiger partial charge >= 0.3 is 5.97 Å². The lowest BCUT2D eigenvalue weighted by molar-refractivity contribution is -0.144. The van der Waals surface area contributed by atoms with Crippen LogP contribution in [0, 0.1) is 0 Å². The summed E-state index contributed by atoms with van der Waals surface area (Å²) in [4.78, 5) is 11.7. The second kappa shape index (κ2) is 9.13. The van der Waals surface area contributed by atoms with Gasteiger partial charge in [0.25, 0.3) is 0 Å². The van der Waals surface area contributed by atoms with Gasteiger partial charge in [0.1, 0.15) is 10.5 Å². The molecule has 94 valence electrons. The Bertz CT molecular complexity index is 327. The van der Waals surface area contributed by atoms with E-state index in [4.69, 9.17) is 4.74 Å². The monoisotopic (exact) mass is 458 g/mol. The molecule has 17 heavy (non-hydrogen) atoms. The molecule has 1 aromatic carbocycles. The number of hydrogen-bond donors (Lipinski definition) is 0. The molecule has 0 radical (unpaired) electrons. The standard InChI is InChI=1S/C13H16I2O2/c14-9-5-4-8-12(15)13(16)17-10-11-6-2-1-3-7-11/h1-3,6-7,12H,4-5,8-10H2. The van der Waals surface area contributed by atoms with Crippen LogP contribution in [0.3, 0.4) is 0 Å². The fraction of sp³-hybridized carbons (Fsp3) is 0.462. The molecule has 0 aliphatic heterocycles. The third-order valence-electron chi connectivity index (χ3n) is 2.32. The Morgan fingerprint density at radius 3 is 2.59 bits per heavy atom. The van der Waals surface area contributed by atoms with Crippen LogP contribution < -0.4 is 0 Å². The highest BCUT2D eigenvalue weighted by Gasteiger charge is 2.15. The predicted octanol–water partition coefficient (Wildman–Crippen LogP) is 4.14. The zero-order chi connectivity index (χ0) is 12.5. The number of hydrogen-bond acceptors (Lipinski definition) is 2. The van der Waals surface area contributed by atoms with Crippen molar-refractivity contribution >= 4 is 51.2 Å². The molecule has 0 heterocycles. The number of ether oxygens (including phenoxy) is 1. The van der Waals surface area contributed by atoms with Crippen LogP contribution in [0.2, 0.25) is 0 Å². The molecule has 0 amide bonds. The zero-order valence-corrected chi connectivity index (χ0v) is 13.9. The number of carbonyl (C=O) groups is 1. The van der Waals surface area contributed by atoms with Gasteiger partial charge in [-0.25, -0.2) is 0 Å². The van der Waals surface area contributed by atoms with Crippen LogP contribution >= 0.6 is 45.2 Å². The number of rotatable bonds is 7. The quantitative estimate of drug-likeness (QED) is 0.266. The normalized spacial score (nSPS) is 12.1. The predicted molar refractivity (Wildman–Crippen MR) is 86.8 cm³/mol. The maximum Gasteiger partial charge on any atom is 0.319 e. The molecule has 1 unspecified atom stereocenters. The summed E-state index contributed by atoms with van der Waals surface area (Å²) in [6.45, 7) is 0.380. The van der Waals surface area contributed by atoms with Gasteiger partial charge in [0.05, 0.1) is 0 Å². The Balaban J connectivity index is 2.24. The van der Waals surface area contributed by atoms with Crippen molar-refractivity contribution in [3.63, 3.8) is 0 Å². The van der Waals surface area contributed by atoms with E-state index in [1.807, 2.05) is 30.3 Å². The Morgan fingerprint density at radius 2 is 1.94 bits per heavy atom. The van der Waals surface area contributed by atoms with Crippen LogP contribution in [-0.2, 0) is 16.1 Å². The van der Waals surface area contributed by atoms with E-state index in [1.165, 1.54) is 6.42 Å². The average molecular weight is 458 g/mol. The zero-order valence-electron chi connectivity index (χ0n) is 9.57. The summed E-state index contributed by atoms with van der Waals surface area (Å²) < 4.78 is 6.41. The fourth-order valence-electron chi connectivity index (χ4n) is 1.36. The van der Waals surface area contributed by atoms with Gasteiger partial charge in [-0.15, -0.1) is 0 Å². The number of unbranched alkanes of at least 4 members (excludes halogenated alkanes) is 1. The van der Waals surface area contributed by atoms with Crippen molar-refractivity contribution in [2.24, 2.45) is 0 Å². The van der Waals surface area contributed by atoms with Gasteiger partial charge in [-0.2, -0.15) is 0 Å². The molecule has 2 nitrogen and oxygen atoms in total. The molecule has 0 aliphatic carbocycles. The van der Waals surface area contributed by atoms with E-state index in [9.17, 15) is 4.79 Å². The molecule has 1 aromatic rings. The number of carbonyl (C=O) groups excluding carboxylic acids is 1. The topological polar surface area (TPSA) is 26.3 Å². The second-order valence-corrected chi connectivity index (χ2v) is 6.33. The van der Waals surface area contributed by atoms with Gasteiger partial charge in [0, 0.05) is 0 Å². The minimum absolute atomic E-state index is 0.0146. The summed E-state index contributed by atoms with van der Waals surface area (Å²) in [5, 5.41) is 0. The largest absolute Gasteiger partial charge is 0.460 e. The van der Waals surface area contributed by atoms with Gasteiger partial charge in [-0.1, -0.05) is 81.9 Å². The number of benzene rings is 1. The van der Waals surface area contributed by atoms with Crippen molar-refractivity contribution in [3.05, 3.63) is 35.9 Å². The van der Waals surface area contributed by atoms with Crippen LogP contribution in [0.4, 0.5) is 0 Å².